The SMILES string of the molecule is COc1ccc(C(=O)C2=C(O)C(=O)N(c3ccc(C=O)cc3)C2c2ccccc2)cc1. The minimum Gasteiger partial charge on any atom is -0.503 e. The Morgan fingerprint density at radius 2 is 1.61 bits per heavy atom. The molecular weight excluding hydrogens is 394 g/mol. The molecule has 6 nitrogen and oxygen atoms in total. The Balaban J connectivity index is 1.82. The van der Waals surface area contributed by atoms with E-state index in [1.54, 1.807) is 72.8 Å². The minimum atomic E-state index is -0.814. The van der Waals surface area contributed by atoms with Gasteiger partial charge in [0, 0.05) is 16.8 Å². The molecule has 1 N–H and O–H groups in total. The Bertz CT molecular complexity index is 1160. The van der Waals surface area contributed by atoms with Crippen molar-refractivity contribution in [2.75, 3.05) is 12.0 Å². The molecule has 1 atom stereocenters. The van der Waals surface area contributed by atoms with E-state index in [2.05, 4.69) is 0 Å². The van der Waals surface area contributed by atoms with Crippen LogP contribution in [0, 0.1) is 0 Å². The monoisotopic (exact) mass is 413 g/mol. The topological polar surface area (TPSA) is 83.9 Å². The molecule has 3 aromatic carbocycles. The number of benzene rings is 3. The van der Waals surface area contributed by atoms with E-state index in [-0.39, 0.29) is 5.57 Å². The van der Waals surface area contributed by atoms with Crippen molar-refractivity contribution < 1.29 is 24.2 Å². The lowest BCUT2D eigenvalue weighted by Gasteiger charge is -2.27. The van der Waals surface area contributed by atoms with E-state index in [0.29, 0.717) is 34.4 Å². The molecule has 4 rings (SSSR count). The number of aldehydes is 1. The second kappa shape index (κ2) is 8.28. The Labute approximate surface area is 179 Å². The molecule has 0 aromatic heterocycles. The molecule has 1 aliphatic heterocycles. The third-order valence-electron chi connectivity index (χ3n) is 5.23. The fraction of sp³-hybridized carbons (Fsp3) is 0.0800. The number of hydrogen-bond donors (Lipinski definition) is 1. The van der Waals surface area contributed by atoms with Crippen LogP contribution >= 0.6 is 0 Å². The molecule has 0 radical (unpaired) electrons. The van der Waals surface area contributed by atoms with E-state index < -0.39 is 23.5 Å². The molecule has 0 saturated carbocycles. The largest absolute Gasteiger partial charge is 0.503 e. The minimum absolute atomic E-state index is 0.000769. The number of carbonyl (C=O) groups is 3. The van der Waals surface area contributed by atoms with Gasteiger partial charge in [0.2, 0.25) is 0 Å². The third kappa shape index (κ3) is 3.59. The Kier molecular flexibility index (Phi) is 5.37. The highest BCUT2D eigenvalue weighted by atomic mass is 16.5. The number of aliphatic hydroxyl groups excluding tert-OH is 1. The number of anilines is 1. The van der Waals surface area contributed by atoms with Gasteiger partial charge < -0.3 is 9.84 Å². The molecule has 0 fully saturated rings. The summed E-state index contributed by atoms with van der Waals surface area (Å²) in [4.78, 5) is 38.8. The smallest absolute Gasteiger partial charge is 0.294 e. The van der Waals surface area contributed by atoms with Crippen molar-refractivity contribution in [2.24, 2.45) is 0 Å². The summed E-state index contributed by atoms with van der Waals surface area (Å²) in [5, 5.41) is 10.7. The lowest BCUT2D eigenvalue weighted by molar-refractivity contribution is -0.117. The lowest BCUT2D eigenvalue weighted by Crippen LogP contribution is -2.31. The van der Waals surface area contributed by atoms with E-state index in [4.69, 9.17) is 4.74 Å². The average Bonchev–Trinajstić information content (AvgIpc) is 3.09. The van der Waals surface area contributed by atoms with Crippen molar-refractivity contribution in [2.45, 2.75) is 6.04 Å². The standard InChI is InChI=1S/C25H19NO5/c1-31-20-13-9-18(10-14-20)23(28)21-22(17-5-3-2-4-6-17)26(25(30)24(21)29)19-11-7-16(15-27)8-12-19/h2-15,22,29H,1H3. The second-order valence-electron chi connectivity index (χ2n) is 7.02. The van der Waals surface area contributed by atoms with Crippen LogP contribution in [0.1, 0.15) is 32.3 Å². The van der Waals surface area contributed by atoms with Crippen molar-refractivity contribution in [1.82, 2.24) is 0 Å². The predicted molar refractivity (Wildman–Crippen MR) is 115 cm³/mol. The Morgan fingerprint density at radius 3 is 2.19 bits per heavy atom. The molecule has 1 heterocycles. The molecule has 1 amide bonds. The first-order valence-corrected chi connectivity index (χ1v) is 9.60. The maximum absolute atomic E-state index is 13.4. The van der Waals surface area contributed by atoms with E-state index in [1.807, 2.05) is 6.07 Å². The van der Waals surface area contributed by atoms with Gasteiger partial charge in [0.15, 0.2) is 11.5 Å². The first kappa shape index (κ1) is 20.1. The van der Waals surface area contributed by atoms with Crippen LogP contribution in [0.4, 0.5) is 5.69 Å². The van der Waals surface area contributed by atoms with Gasteiger partial charge in [0.05, 0.1) is 18.7 Å². The average molecular weight is 413 g/mol. The van der Waals surface area contributed by atoms with Crippen molar-refractivity contribution >= 4 is 23.7 Å². The molecular formula is C25H19NO5. The zero-order chi connectivity index (χ0) is 22.0. The maximum atomic E-state index is 13.4. The Hall–Kier alpha value is -4.19. The fourth-order valence-corrected chi connectivity index (χ4v) is 3.67. The first-order valence-electron chi connectivity index (χ1n) is 9.60. The van der Waals surface area contributed by atoms with Crippen LogP contribution in [0.3, 0.4) is 0 Å². The van der Waals surface area contributed by atoms with E-state index in [0.717, 1.165) is 0 Å². The number of ether oxygens (including phenoxy) is 1. The number of carbonyl (C=O) groups excluding carboxylic acids is 3. The van der Waals surface area contributed by atoms with Crippen LogP contribution in [0.5, 0.6) is 5.75 Å². The van der Waals surface area contributed by atoms with Crippen LogP contribution in [-0.4, -0.2) is 30.2 Å². The second-order valence-corrected chi connectivity index (χ2v) is 7.02. The summed E-state index contributed by atoms with van der Waals surface area (Å²) in [5.41, 5.74) is 1.93. The molecule has 31 heavy (non-hydrogen) atoms. The third-order valence-corrected chi connectivity index (χ3v) is 5.23. The zero-order valence-corrected chi connectivity index (χ0v) is 16.7. The summed E-state index contributed by atoms with van der Waals surface area (Å²) in [7, 11) is 1.53. The summed E-state index contributed by atoms with van der Waals surface area (Å²) >= 11 is 0. The molecule has 0 saturated heterocycles. The van der Waals surface area contributed by atoms with E-state index >= 15 is 0 Å². The van der Waals surface area contributed by atoms with Gasteiger partial charge in [-0.15, -0.1) is 0 Å². The number of ketones is 1. The van der Waals surface area contributed by atoms with Gasteiger partial charge in [0.25, 0.3) is 5.91 Å². The van der Waals surface area contributed by atoms with E-state index in [1.165, 1.54) is 12.0 Å². The van der Waals surface area contributed by atoms with Crippen molar-refractivity contribution in [1.29, 1.82) is 0 Å². The number of rotatable bonds is 6. The summed E-state index contributed by atoms with van der Waals surface area (Å²) in [6.45, 7) is 0. The van der Waals surface area contributed by atoms with Crippen LogP contribution < -0.4 is 9.64 Å². The number of amides is 1. The van der Waals surface area contributed by atoms with E-state index in [9.17, 15) is 19.5 Å². The zero-order valence-electron chi connectivity index (χ0n) is 16.7. The number of methoxy groups -OCH3 is 1. The number of aliphatic hydroxyl groups is 1. The quantitative estimate of drug-likeness (QED) is 0.481. The van der Waals surface area contributed by atoms with Gasteiger partial charge >= 0.3 is 0 Å². The normalized spacial score (nSPS) is 15.8. The molecule has 154 valence electrons. The maximum Gasteiger partial charge on any atom is 0.294 e. The predicted octanol–water partition coefficient (Wildman–Crippen LogP) is 4.29. The molecule has 6 heteroatoms. The summed E-state index contributed by atoms with van der Waals surface area (Å²) in [5.74, 6) is -1.12. The van der Waals surface area contributed by atoms with Crippen molar-refractivity contribution in [3.63, 3.8) is 0 Å². The highest BCUT2D eigenvalue weighted by molar-refractivity contribution is 6.21. The van der Waals surface area contributed by atoms with Crippen molar-refractivity contribution in [3.8, 4) is 5.75 Å². The van der Waals surface area contributed by atoms with Gasteiger partial charge in [0.1, 0.15) is 12.0 Å². The number of hydrogen-bond acceptors (Lipinski definition) is 5. The molecule has 1 aliphatic rings. The van der Waals surface area contributed by atoms with Gasteiger partial charge in [-0.1, -0.05) is 30.3 Å². The highest BCUT2D eigenvalue weighted by Gasteiger charge is 2.44. The van der Waals surface area contributed by atoms with Gasteiger partial charge in [-0.3, -0.25) is 19.3 Å². The molecule has 3 aromatic rings. The van der Waals surface area contributed by atoms with Crippen LogP contribution in [-0.2, 0) is 4.79 Å². The summed E-state index contributed by atoms with van der Waals surface area (Å²) in [6, 6.07) is 21.1. The number of Topliss-reactive ketones (excluding diaryl/α,β-unsaturated/α-hetero) is 1. The fourth-order valence-electron chi connectivity index (χ4n) is 3.67. The molecule has 0 aliphatic carbocycles. The van der Waals surface area contributed by atoms with Gasteiger partial charge in [-0.25, -0.2) is 0 Å². The molecule has 1 unspecified atom stereocenters. The Morgan fingerprint density at radius 1 is 0.968 bits per heavy atom. The van der Waals surface area contributed by atoms with Crippen LogP contribution in [0.2, 0.25) is 0 Å². The molecule has 0 spiro atoms. The van der Waals surface area contributed by atoms with Crippen molar-refractivity contribution in [3.05, 3.63) is 107 Å². The number of nitrogens with zero attached hydrogens (tertiary/aromatic N) is 1. The van der Waals surface area contributed by atoms with Gasteiger partial charge in [-0.2, -0.15) is 0 Å². The molecule has 0 bridgehead atoms. The van der Waals surface area contributed by atoms with Crippen LogP contribution in [0.25, 0.3) is 0 Å². The summed E-state index contributed by atoms with van der Waals surface area (Å²) in [6.07, 6.45) is 0.707. The summed E-state index contributed by atoms with van der Waals surface area (Å²) < 4.78 is 5.14. The van der Waals surface area contributed by atoms with Crippen LogP contribution in [0.15, 0.2) is 90.2 Å². The highest BCUT2D eigenvalue weighted by Crippen LogP contribution is 2.41. The first-order chi connectivity index (χ1) is 15.0. The van der Waals surface area contributed by atoms with Gasteiger partial charge in [-0.05, 0) is 54.1 Å². The lowest BCUT2D eigenvalue weighted by atomic mass is 9.92.